The van der Waals surface area contributed by atoms with Gasteiger partial charge in [0, 0.05) is 43.4 Å². The van der Waals surface area contributed by atoms with Gasteiger partial charge < -0.3 is 14.6 Å². The fourth-order valence-electron chi connectivity index (χ4n) is 3.01. The molecule has 152 valence electrons. The topological polar surface area (TPSA) is 86.9 Å². The van der Waals surface area contributed by atoms with Crippen molar-refractivity contribution in [1.82, 2.24) is 29.6 Å². The normalized spacial score (nSPS) is 10.7. The predicted molar refractivity (Wildman–Crippen MR) is 113 cm³/mol. The van der Waals surface area contributed by atoms with E-state index in [1.165, 1.54) is 0 Å². The van der Waals surface area contributed by atoms with Crippen LogP contribution in [0.1, 0.15) is 16.8 Å². The standard InChI is InChI=1S/C22H22N6O2/c1-30-20-6-4-19(5-7-20)28-15-18(14-26-28)21-8-3-17(13-25-21)22(29)24-9-2-11-27-12-10-23-16-27/h3-8,10,12-16H,2,9,11H2,1H3,(H,24,29). The molecule has 1 aromatic carbocycles. The van der Waals surface area contributed by atoms with Crippen LogP contribution in [0.25, 0.3) is 16.9 Å². The van der Waals surface area contributed by atoms with E-state index in [2.05, 4.69) is 20.4 Å². The first-order valence-electron chi connectivity index (χ1n) is 9.62. The Morgan fingerprint density at radius 1 is 1.13 bits per heavy atom. The van der Waals surface area contributed by atoms with Crippen LogP contribution >= 0.6 is 0 Å². The molecule has 0 aliphatic rings. The molecule has 1 amide bonds. The molecular weight excluding hydrogens is 380 g/mol. The number of hydrogen-bond acceptors (Lipinski definition) is 5. The molecule has 3 aromatic heterocycles. The quantitative estimate of drug-likeness (QED) is 0.458. The Hall–Kier alpha value is -3.94. The first-order chi connectivity index (χ1) is 14.7. The lowest BCUT2D eigenvalue weighted by molar-refractivity contribution is 0.0952. The van der Waals surface area contributed by atoms with Crippen LogP contribution in [-0.2, 0) is 6.54 Å². The number of ether oxygens (including phenoxy) is 1. The van der Waals surface area contributed by atoms with Gasteiger partial charge in [-0.3, -0.25) is 9.78 Å². The number of nitrogens with zero attached hydrogens (tertiary/aromatic N) is 5. The molecule has 0 spiro atoms. The number of carbonyl (C=O) groups is 1. The highest BCUT2D eigenvalue weighted by molar-refractivity contribution is 5.94. The second kappa shape index (κ2) is 9.04. The van der Waals surface area contributed by atoms with Gasteiger partial charge in [-0.25, -0.2) is 9.67 Å². The third-order valence-corrected chi connectivity index (χ3v) is 4.68. The Balaban J connectivity index is 1.34. The summed E-state index contributed by atoms with van der Waals surface area (Å²) in [6.45, 7) is 1.41. The largest absolute Gasteiger partial charge is 0.497 e. The van der Waals surface area contributed by atoms with Crippen molar-refractivity contribution in [2.24, 2.45) is 0 Å². The summed E-state index contributed by atoms with van der Waals surface area (Å²) in [5, 5.41) is 7.31. The Bertz CT molecular complexity index is 1090. The average Bonchev–Trinajstić information content (AvgIpc) is 3.49. The molecule has 0 fully saturated rings. The van der Waals surface area contributed by atoms with E-state index in [1.807, 2.05) is 47.3 Å². The smallest absolute Gasteiger partial charge is 0.252 e. The minimum atomic E-state index is -0.131. The summed E-state index contributed by atoms with van der Waals surface area (Å²) in [7, 11) is 1.64. The molecule has 0 saturated heterocycles. The van der Waals surface area contributed by atoms with Crippen molar-refractivity contribution in [3.8, 4) is 22.7 Å². The molecule has 3 heterocycles. The molecule has 0 saturated carbocycles. The lowest BCUT2D eigenvalue weighted by atomic mass is 10.2. The summed E-state index contributed by atoms with van der Waals surface area (Å²) >= 11 is 0. The molecule has 0 radical (unpaired) electrons. The summed E-state index contributed by atoms with van der Waals surface area (Å²) < 4.78 is 8.94. The van der Waals surface area contributed by atoms with Crippen LogP contribution in [0.4, 0.5) is 0 Å². The lowest BCUT2D eigenvalue weighted by Gasteiger charge is -2.06. The lowest BCUT2D eigenvalue weighted by Crippen LogP contribution is -2.25. The van der Waals surface area contributed by atoms with Gasteiger partial charge in [0.15, 0.2) is 0 Å². The second-order valence-electron chi connectivity index (χ2n) is 6.71. The average molecular weight is 402 g/mol. The number of aromatic nitrogens is 5. The minimum absolute atomic E-state index is 0.131. The highest BCUT2D eigenvalue weighted by atomic mass is 16.5. The molecular formula is C22H22N6O2. The molecule has 8 nitrogen and oxygen atoms in total. The Morgan fingerprint density at radius 2 is 2.00 bits per heavy atom. The number of rotatable bonds is 8. The number of aryl methyl sites for hydroxylation is 1. The monoisotopic (exact) mass is 402 g/mol. The van der Waals surface area contributed by atoms with Crippen molar-refractivity contribution >= 4 is 5.91 Å². The fourth-order valence-corrected chi connectivity index (χ4v) is 3.01. The molecule has 30 heavy (non-hydrogen) atoms. The van der Waals surface area contributed by atoms with E-state index in [1.54, 1.807) is 42.8 Å². The van der Waals surface area contributed by atoms with E-state index in [0.717, 1.165) is 35.7 Å². The van der Waals surface area contributed by atoms with E-state index >= 15 is 0 Å². The summed E-state index contributed by atoms with van der Waals surface area (Å²) in [6, 6.07) is 11.2. The van der Waals surface area contributed by atoms with Crippen molar-refractivity contribution in [3.63, 3.8) is 0 Å². The number of methoxy groups -OCH3 is 1. The maximum Gasteiger partial charge on any atom is 0.252 e. The molecule has 0 unspecified atom stereocenters. The van der Waals surface area contributed by atoms with Crippen molar-refractivity contribution < 1.29 is 9.53 Å². The fraction of sp³-hybridized carbons (Fsp3) is 0.182. The van der Waals surface area contributed by atoms with Crippen LogP contribution in [0.15, 0.2) is 73.7 Å². The third-order valence-electron chi connectivity index (χ3n) is 4.68. The number of amides is 1. The molecule has 8 heteroatoms. The van der Waals surface area contributed by atoms with E-state index in [-0.39, 0.29) is 5.91 Å². The van der Waals surface area contributed by atoms with E-state index in [9.17, 15) is 4.79 Å². The predicted octanol–water partition coefficient (Wildman–Crippen LogP) is 2.96. The van der Waals surface area contributed by atoms with Crippen LogP contribution in [0.2, 0.25) is 0 Å². The maximum atomic E-state index is 12.3. The van der Waals surface area contributed by atoms with Crippen LogP contribution in [0.5, 0.6) is 5.75 Å². The Labute approximate surface area is 174 Å². The minimum Gasteiger partial charge on any atom is -0.497 e. The van der Waals surface area contributed by atoms with E-state index < -0.39 is 0 Å². The molecule has 1 N–H and O–H groups in total. The highest BCUT2D eigenvalue weighted by Gasteiger charge is 2.09. The number of benzene rings is 1. The first-order valence-corrected chi connectivity index (χ1v) is 9.62. The van der Waals surface area contributed by atoms with Crippen LogP contribution < -0.4 is 10.1 Å². The summed E-state index contributed by atoms with van der Waals surface area (Å²) in [5.74, 6) is 0.664. The number of nitrogens with one attached hydrogen (secondary N) is 1. The van der Waals surface area contributed by atoms with Crippen molar-refractivity contribution in [3.05, 3.63) is 79.3 Å². The van der Waals surface area contributed by atoms with Crippen LogP contribution in [-0.4, -0.2) is 43.9 Å². The molecule has 4 aromatic rings. The summed E-state index contributed by atoms with van der Waals surface area (Å²) in [5.41, 5.74) is 3.09. The van der Waals surface area contributed by atoms with Crippen molar-refractivity contribution in [2.45, 2.75) is 13.0 Å². The van der Waals surface area contributed by atoms with Gasteiger partial charge >= 0.3 is 0 Å². The number of pyridine rings is 1. The number of imidazole rings is 1. The summed E-state index contributed by atoms with van der Waals surface area (Å²) in [4.78, 5) is 20.7. The molecule has 0 atom stereocenters. The number of carbonyl (C=O) groups excluding carboxylic acids is 1. The number of hydrogen-bond donors (Lipinski definition) is 1. The zero-order valence-electron chi connectivity index (χ0n) is 16.6. The van der Waals surface area contributed by atoms with Gasteiger partial charge in [-0.1, -0.05) is 0 Å². The first kappa shape index (κ1) is 19.4. The van der Waals surface area contributed by atoms with Crippen LogP contribution in [0, 0.1) is 0 Å². The van der Waals surface area contributed by atoms with Crippen molar-refractivity contribution in [2.75, 3.05) is 13.7 Å². The van der Waals surface area contributed by atoms with Gasteiger partial charge in [-0.2, -0.15) is 5.10 Å². The molecule has 4 rings (SSSR count). The highest BCUT2D eigenvalue weighted by Crippen LogP contribution is 2.20. The van der Waals surface area contributed by atoms with Gasteiger partial charge in [-0.05, 0) is 42.8 Å². The van der Waals surface area contributed by atoms with Gasteiger partial charge in [0.05, 0.1) is 36.6 Å². The van der Waals surface area contributed by atoms with Gasteiger partial charge in [0.25, 0.3) is 5.91 Å². The van der Waals surface area contributed by atoms with Crippen LogP contribution in [0.3, 0.4) is 0 Å². The molecule has 0 aliphatic heterocycles. The van der Waals surface area contributed by atoms with E-state index in [4.69, 9.17) is 4.74 Å². The Kier molecular flexibility index (Phi) is 5.84. The van der Waals surface area contributed by atoms with Gasteiger partial charge in [-0.15, -0.1) is 0 Å². The SMILES string of the molecule is COc1ccc(-n2cc(-c3ccc(C(=O)NCCCn4ccnc4)cn3)cn2)cc1. The Morgan fingerprint density at radius 3 is 2.70 bits per heavy atom. The van der Waals surface area contributed by atoms with Gasteiger partial charge in [0.2, 0.25) is 0 Å². The second-order valence-corrected chi connectivity index (χ2v) is 6.71. The maximum absolute atomic E-state index is 12.3. The van der Waals surface area contributed by atoms with E-state index in [0.29, 0.717) is 12.1 Å². The molecule has 0 aliphatic carbocycles. The zero-order chi connectivity index (χ0) is 20.8. The molecule has 0 bridgehead atoms. The summed E-state index contributed by atoms with van der Waals surface area (Å²) in [6.07, 6.45) is 11.5. The zero-order valence-corrected chi connectivity index (χ0v) is 16.6. The van der Waals surface area contributed by atoms with Crippen molar-refractivity contribution in [1.29, 1.82) is 0 Å². The third kappa shape index (κ3) is 4.54. The van der Waals surface area contributed by atoms with Gasteiger partial charge in [0.1, 0.15) is 5.75 Å².